The molecule has 0 saturated carbocycles. The van der Waals surface area contributed by atoms with Gasteiger partial charge >= 0.3 is 5.97 Å². The highest BCUT2D eigenvalue weighted by Crippen LogP contribution is 1.99. The first-order chi connectivity index (χ1) is 8.93. The molecule has 2 amide bonds. The van der Waals surface area contributed by atoms with Crippen LogP contribution in [0.3, 0.4) is 0 Å². The molecule has 0 aliphatic heterocycles. The van der Waals surface area contributed by atoms with Gasteiger partial charge in [-0.1, -0.05) is 0 Å². The summed E-state index contributed by atoms with van der Waals surface area (Å²) in [5.74, 6) is -2.85. The molecular formula is C10H15N5O4. The SMILES string of the molecule is NCCn1cnc(C(=O)N[C@H](CC(N)=O)C(=O)O)c1. The lowest BCUT2D eigenvalue weighted by molar-refractivity contribution is -0.140. The molecule has 1 rings (SSSR count). The average molecular weight is 269 g/mol. The van der Waals surface area contributed by atoms with Gasteiger partial charge in [-0.25, -0.2) is 9.78 Å². The zero-order valence-electron chi connectivity index (χ0n) is 10.1. The van der Waals surface area contributed by atoms with E-state index in [9.17, 15) is 14.4 Å². The number of nitrogens with zero attached hydrogens (tertiary/aromatic N) is 2. The maximum absolute atomic E-state index is 11.7. The van der Waals surface area contributed by atoms with E-state index in [0.717, 1.165) is 0 Å². The Morgan fingerprint density at radius 2 is 2.16 bits per heavy atom. The van der Waals surface area contributed by atoms with Crippen molar-refractivity contribution in [2.45, 2.75) is 19.0 Å². The molecule has 0 spiro atoms. The predicted octanol–water partition coefficient (Wildman–Crippen LogP) is -2.10. The minimum Gasteiger partial charge on any atom is -0.480 e. The van der Waals surface area contributed by atoms with Gasteiger partial charge in [0.1, 0.15) is 11.7 Å². The van der Waals surface area contributed by atoms with Crippen molar-refractivity contribution < 1.29 is 19.5 Å². The molecule has 0 unspecified atom stereocenters. The average Bonchev–Trinajstić information content (AvgIpc) is 2.76. The lowest BCUT2D eigenvalue weighted by Crippen LogP contribution is -2.43. The molecule has 1 aromatic rings. The highest BCUT2D eigenvalue weighted by Gasteiger charge is 2.23. The second-order valence-electron chi connectivity index (χ2n) is 3.82. The van der Waals surface area contributed by atoms with Crippen LogP contribution in [0, 0.1) is 0 Å². The van der Waals surface area contributed by atoms with Gasteiger partial charge in [0.05, 0.1) is 12.7 Å². The van der Waals surface area contributed by atoms with Crippen molar-refractivity contribution in [2.24, 2.45) is 11.5 Å². The zero-order chi connectivity index (χ0) is 14.4. The molecule has 6 N–H and O–H groups in total. The first-order valence-corrected chi connectivity index (χ1v) is 5.48. The number of nitrogens with two attached hydrogens (primary N) is 2. The van der Waals surface area contributed by atoms with E-state index in [4.69, 9.17) is 16.6 Å². The zero-order valence-corrected chi connectivity index (χ0v) is 10.1. The highest BCUT2D eigenvalue weighted by molar-refractivity contribution is 5.96. The molecule has 0 radical (unpaired) electrons. The number of hydrogen-bond acceptors (Lipinski definition) is 5. The van der Waals surface area contributed by atoms with Crippen molar-refractivity contribution in [1.29, 1.82) is 0 Å². The van der Waals surface area contributed by atoms with Gasteiger partial charge in [0, 0.05) is 19.3 Å². The van der Waals surface area contributed by atoms with Crippen LogP contribution in [0.1, 0.15) is 16.9 Å². The molecule has 0 aliphatic carbocycles. The Labute approximate surface area is 108 Å². The third kappa shape index (κ3) is 4.39. The third-order valence-electron chi connectivity index (χ3n) is 2.26. The van der Waals surface area contributed by atoms with Gasteiger partial charge in [-0.05, 0) is 0 Å². The Bertz CT molecular complexity index is 484. The maximum Gasteiger partial charge on any atom is 0.326 e. The number of carbonyl (C=O) groups is 3. The van der Waals surface area contributed by atoms with Gasteiger partial charge in [-0.2, -0.15) is 0 Å². The molecule has 0 bridgehead atoms. The van der Waals surface area contributed by atoms with Gasteiger partial charge < -0.3 is 26.5 Å². The van der Waals surface area contributed by atoms with Gasteiger partial charge in [0.25, 0.3) is 5.91 Å². The van der Waals surface area contributed by atoms with Crippen LogP contribution in [0.25, 0.3) is 0 Å². The number of aliphatic carboxylic acids is 1. The molecule has 19 heavy (non-hydrogen) atoms. The first kappa shape index (κ1) is 14.6. The fourth-order valence-electron chi connectivity index (χ4n) is 1.38. The molecule has 0 aromatic carbocycles. The van der Waals surface area contributed by atoms with E-state index < -0.39 is 30.2 Å². The molecule has 0 saturated heterocycles. The van der Waals surface area contributed by atoms with Crippen LogP contribution in [-0.4, -0.2) is 45.0 Å². The molecule has 9 nitrogen and oxygen atoms in total. The van der Waals surface area contributed by atoms with Crippen LogP contribution in [0.15, 0.2) is 12.5 Å². The molecule has 9 heteroatoms. The minimum absolute atomic E-state index is 0.0455. The number of rotatable bonds is 7. The largest absolute Gasteiger partial charge is 0.480 e. The van der Waals surface area contributed by atoms with Crippen LogP contribution in [0.2, 0.25) is 0 Å². The Morgan fingerprint density at radius 1 is 1.47 bits per heavy atom. The fraction of sp³-hybridized carbons (Fsp3) is 0.400. The summed E-state index contributed by atoms with van der Waals surface area (Å²) in [6, 6.07) is -1.37. The monoisotopic (exact) mass is 269 g/mol. The molecule has 104 valence electrons. The smallest absolute Gasteiger partial charge is 0.326 e. The quantitative estimate of drug-likeness (QED) is 0.444. The van der Waals surface area contributed by atoms with Crippen molar-refractivity contribution in [3.8, 4) is 0 Å². The predicted molar refractivity (Wildman–Crippen MR) is 64.0 cm³/mol. The van der Waals surface area contributed by atoms with E-state index in [0.29, 0.717) is 13.1 Å². The molecule has 1 atom stereocenters. The first-order valence-electron chi connectivity index (χ1n) is 5.48. The van der Waals surface area contributed by atoms with E-state index in [1.807, 2.05) is 0 Å². The third-order valence-corrected chi connectivity index (χ3v) is 2.26. The van der Waals surface area contributed by atoms with Gasteiger partial charge in [-0.3, -0.25) is 9.59 Å². The second-order valence-corrected chi connectivity index (χ2v) is 3.82. The van der Waals surface area contributed by atoms with Crippen molar-refractivity contribution in [3.63, 3.8) is 0 Å². The molecule has 1 heterocycles. The van der Waals surface area contributed by atoms with Crippen molar-refractivity contribution in [3.05, 3.63) is 18.2 Å². The number of imidazole rings is 1. The number of primary amides is 1. The van der Waals surface area contributed by atoms with Crippen molar-refractivity contribution in [1.82, 2.24) is 14.9 Å². The molecule has 0 fully saturated rings. The van der Waals surface area contributed by atoms with Crippen LogP contribution in [0.4, 0.5) is 0 Å². The summed E-state index contributed by atoms with van der Waals surface area (Å²) in [4.78, 5) is 37.1. The van der Waals surface area contributed by atoms with Crippen molar-refractivity contribution >= 4 is 17.8 Å². The van der Waals surface area contributed by atoms with Crippen LogP contribution in [-0.2, 0) is 16.1 Å². The number of nitrogens with one attached hydrogen (secondary N) is 1. The summed E-state index contributed by atoms with van der Waals surface area (Å²) in [6.45, 7) is 0.876. The molecule has 0 aliphatic rings. The van der Waals surface area contributed by atoms with E-state index >= 15 is 0 Å². The van der Waals surface area contributed by atoms with Gasteiger partial charge in [-0.15, -0.1) is 0 Å². The standard InChI is InChI=1S/C10H15N5O4/c11-1-2-15-4-7(13-5-15)9(17)14-6(10(18)19)3-8(12)16/h4-6H,1-3,11H2,(H2,12,16)(H,14,17)(H,18,19)/t6-/m1/s1. The van der Waals surface area contributed by atoms with E-state index in [2.05, 4.69) is 10.3 Å². The topological polar surface area (TPSA) is 153 Å². The number of carbonyl (C=O) groups excluding carboxylic acids is 2. The Kier molecular flexibility index (Phi) is 5.01. The number of hydrogen-bond donors (Lipinski definition) is 4. The highest BCUT2D eigenvalue weighted by atomic mass is 16.4. The van der Waals surface area contributed by atoms with Gasteiger partial charge in [0.2, 0.25) is 5.91 Å². The summed E-state index contributed by atoms with van der Waals surface area (Å²) in [7, 11) is 0. The minimum atomic E-state index is -1.37. The van der Waals surface area contributed by atoms with Crippen LogP contribution >= 0.6 is 0 Å². The summed E-state index contributed by atoms with van der Waals surface area (Å²) >= 11 is 0. The van der Waals surface area contributed by atoms with Crippen LogP contribution < -0.4 is 16.8 Å². The lowest BCUT2D eigenvalue weighted by atomic mass is 10.2. The number of amides is 2. The van der Waals surface area contributed by atoms with Crippen molar-refractivity contribution in [2.75, 3.05) is 6.54 Å². The van der Waals surface area contributed by atoms with Gasteiger partial charge in [0.15, 0.2) is 0 Å². The molecular weight excluding hydrogens is 254 g/mol. The Hall–Kier alpha value is -2.42. The summed E-state index contributed by atoms with van der Waals surface area (Å²) in [5.41, 5.74) is 10.3. The second kappa shape index (κ2) is 6.50. The fourth-order valence-corrected chi connectivity index (χ4v) is 1.38. The Balaban J connectivity index is 2.70. The summed E-state index contributed by atoms with van der Waals surface area (Å²) in [6.07, 6.45) is 2.36. The Morgan fingerprint density at radius 3 is 2.68 bits per heavy atom. The van der Waals surface area contributed by atoms with E-state index in [-0.39, 0.29) is 5.69 Å². The number of carboxylic acids is 1. The normalized spacial score (nSPS) is 11.8. The van der Waals surface area contributed by atoms with Crippen LogP contribution in [0.5, 0.6) is 0 Å². The van der Waals surface area contributed by atoms with E-state index in [1.165, 1.54) is 12.5 Å². The molecule has 1 aromatic heterocycles. The number of carboxylic acid groups (broad SMARTS) is 1. The summed E-state index contributed by atoms with van der Waals surface area (Å²) < 4.78 is 1.60. The maximum atomic E-state index is 11.7. The summed E-state index contributed by atoms with van der Waals surface area (Å²) in [5, 5.41) is 11.0. The lowest BCUT2D eigenvalue weighted by Gasteiger charge is -2.11. The number of aromatic nitrogens is 2. The van der Waals surface area contributed by atoms with E-state index in [1.54, 1.807) is 4.57 Å².